The molecular formula is C19H24IN3. The summed E-state index contributed by atoms with van der Waals surface area (Å²) in [5, 5.41) is 3.21. The van der Waals surface area contributed by atoms with Gasteiger partial charge in [-0.05, 0) is 35.6 Å². The number of guanidine groups is 1. The minimum Gasteiger partial charge on any atom is -0.370 e. The molecule has 0 heterocycles. The first kappa shape index (κ1) is 17.8. The van der Waals surface area contributed by atoms with Crippen molar-refractivity contribution in [3.63, 3.8) is 0 Å². The summed E-state index contributed by atoms with van der Waals surface area (Å²) in [6.07, 6.45) is 1.08. The third-order valence-corrected chi connectivity index (χ3v) is 4.12. The van der Waals surface area contributed by atoms with E-state index in [9.17, 15) is 0 Å². The predicted octanol–water partition coefficient (Wildman–Crippen LogP) is 4.71. The smallest absolute Gasteiger partial charge is 0.193 e. The molecule has 1 aliphatic rings. The molecule has 0 bridgehead atoms. The van der Waals surface area contributed by atoms with Crippen LogP contribution in [-0.2, 0) is 0 Å². The lowest BCUT2D eigenvalue weighted by Gasteiger charge is -2.10. The summed E-state index contributed by atoms with van der Waals surface area (Å²) >= 11 is 0. The molecule has 2 unspecified atom stereocenters. The number of nitrogens with one attached hydrogen (secondary N) is 1. The number of anilines is 1. The van der Waals surface area contributed by atoms with Gasteiger partial charge in [0.25, 0.3) is 0 Å². The van der Waals surface area contributed by atoms with Gasteiger partial charge in [0, 0.05) is 11.6 Å². The fraction of sp³-hybridized carbons (Fsp3) is 0.316. The van der Waals surface area contributed by atoms with Gasteiger partial charge in [-0.1, -0.05) is 56.3 Å². The second-order valence-corrected chi connectivity index (χ2v) is 6.24. The van der Waals surface area contributed by atoms with Gasteiger partial charge in [0.15, 0.2) is 5.96 Å². The Balaban J connectivity index is 0.00000192. The second kappa shape index (κ2) is 7.81. The lowest BCUT2D eigenvalue weighted by molar-refractivity contribution is 0.867. The van der Waals surface area contributed by atoms with Gasteiger partial charge < -0.3 is 11.1 Å². The van der Waals surface area contributed by atoms with E-state index in [1.165, 1.54) is 11.1 Å². The highest BCUT2D eigenvalue weighted by atomic mass is 127. The first-order valence-electron chi connectivity index (χ1n) is 7.88. The van der Waals surface area contributed by atoms with E-state index in [2.05, 4.69) is 66.6 Å². The maximum atomic E-state index is 6.05. The molecule has 2 aromatic carbocycles. The van der Waals surface area contributed by atoms with Crippen molar-refractivity contribution in [3.8, 4) is 0 Å². The van der Waals surface area contributed by atoms with Gasteiger partial charge in [0.1, 0.15) is 0 Å². The van der Waals surface area contributed by atoms with Gasteiger partial charge >= 0.3 is 0 Å². The summed E-state index contributed by atoms with van der Waals surface area (Å²) < 4.78 is 0. The van der Waals surface area contributed by atoms with Crippen LogP contribution in [-0.4, -0.2) is 12.0 Å². The Morgan fingerprint density at radius 1 is 1.13 bits per heavy atom. The fourth-order valence-corrected chi connectivity index (χ4v) is 2.72. The number of benzene rings is 2. The molecule has 3 N–H and O–H groups in total. The summed E-state index contributed by atoms with van der Waals surface area (Å²) in [7, 11) is 0. The Kier molecular flexibility index (Phi) is 6.04. The molecule has 0 aromatic heterocycles. The van der Waals surface area contributed by atoms with Gasteiger partial charge in [0.05, 0.1) is 6.04 Å². The van der Waals surface area contributed by atoms with Crippen LogP contribution in [0, 0.1) is 0 Å². The Morgan fingerprint density at radius 2 is 1.87 bits per heavy atom. The van der Waals surface area contributed by atoms with E-state index in [4.69, 9.17) is 5.73 Å². The van der Waals surface area contributed by atoms with Crippen molar-refractivity contribution in [3.05, 3.63) is 65.7 Å². The molecular weight excluding hydrogens is 397 g/mol. The van der Waals surface area contributed by atoms with Crippen LogP contribution in [0.1, 0.15) is 43.2 Å². The standard InChI is InChI=1S/C19H23N3.HI/c1-13(2)15-9-6-10-16(11-15)21-19(20)22-18-12-17(18)14-7-4-3-5-8-14;/h3-11,13,17-18H,12H2,1-2H3,(H3,20,21,22);1H. The van der Waals surface area contributed by atoms with Gasteiger partial charge in [-0.3, -0.25) is 0 Å². The van der Waals surface area contributed by atoms with Crippen LogP contribution in [0.25, 0.3) is 0 Å². The van der Waals surface area contributed by atoms with Crippen molar-refractivity contribution in [2.45, 2.75) is 38.1 Å². The van der Waals surface area contributed by atoms with E-state index >= 15 is 0 Å². The maximum Gasteiger partial charge on any atom is 0.193 e. The Hall–Kier alpha value is -1.56. The lowest BCUT2D eigenvalue weighted by atomic mass is 10.0. The predicted molar refractivity (Wildman–Crippen MR) is 109 cm³/mol. The summed E-state index contributed by atoms with van der Waals surface area (Å²) in [6.45, 7) is 4.37. The molecule has 1 saturated carbocycles. The van der Waals surface area contributed by atoms with Crippen LogP contribution in [0.4, 0.5) is 5.69 Å². The van der Waals surface area contributed by atoms with Crippen molar-refractivity contribution >= 4 is 35.6 Å². The monoisotopic (exact) mass is 421 g/mol. The highest BCUT2D eigenvalue weighted by Crippen LogP contribution is 2.43. The molecule has 23 heavy (non-hydrogen) atoms. The Morgan fingerprint density at radius 3 is 2.57 bits per heavy atom. The molecule has 122 valence electrons. The molecule has 4 heteroatoms. The van der Waals surface area contributed by atoms with Gasteiger partial charge in [0.2, 0.25) is 0 Å². The van der Waals surface area contributed by atoms with Crippen molar-refractivity contribution in [2.24, 2.45) is 10.7 Å². The van der Waals surface area contributed by atoms with Crippen molar-refractivity contribution in [2.75, 3.05) is 5.32 Å². The zero-order valence-electron chi connectivity index (χ0n) is 13.6. The van der Waals surface area contributed by atoms with Crippen LogP contribution in [0.5, 0.6) is 0 Å². The average Bonchev–Trinajstić information content (AvgIpc) is 3.27. The molecule has 1 aliphatic carbocycles. The summed E-state index contributed by atoms with van der Waals surface area (Å²) in [6, 6.07) is 19.2. The van der Waals surface area contributed by atoms with Crippen LogP contribution >= 0.6 is 24.0 Å². The van der Waals surface area contributed by atoms with E-state index in [0.717, 1.165) is 12.1 Å². The Labute approximate surface area is 155 Å². The van der Waals surface area contributed by atoms with Crippen LogP contribution in [0.15, 0.2) is 59.6 Å². The van der Waals surface area contributed by atoms with E-state index < -0.39 is 0 Å². The highest BCUT2D eigenvalue weighted by Gasteiger charge is 2.38. The number of nitrogens with zero attached hydrogens (tertiary/aromatic N) is 1. The SMILES string of the molecule is CC(C)c1cccc(NC(N)=NC2CC2c2ccccc2)c1.I. The minimum atomic E-state index is 0. The van der Waals surface area contributed by atoms with Crippen LogP contribution < -0.4 is 11.1 Å². The first-order chi connectivity index (χ1) is 10.6. The zero-order chi connectivity index (χ0) is 15.5. The third-order valence-electron chi connectivity index (χ3n) is 4.12. The highest BCUT2D eigenvalue weighted by molar-refractivity contribution is 14.0. The second-order valence-electron chi connectivity index (χ2n) is 6.24. The number of rotatable bonds is 4. The minimum absolute atomic E-state index is 0. The quantitative estimate of drug-likeness (QED) is 0.427. The first-order valence-corrected chi connectivity index (χ1v) is 7.88. The molecule has 2 aromatic rings. The molecule has 3 nitrogen and oxygen atoms in total. The van der Waals surface area contributed by atoms with Gasteiger partial charge in [-0.25, -0.2) is 4.99 Å². The zero-order valence-corrected chi connectivity index (χ0v) is 15.9. The van der Waals surface area contributed by atoms with Crippen molar-refractivity contribution in [1.82, 2.24) is 0 Å². The number of hydrogen-bond acceptors (Lipinski definition) is 1. The van der Waals surface area contributed by atoms with Crippen LogP contribution in [0.3, 0.4) is 0 Å². The van der Waals surface area contributed by atoms with Gasteiger partial charge in [-0.15, -0.1) is 24.0 Å². The van der Waals surface area contributed by atoms with Crippen LogP contribution in [0.2, 0.25) is 0 Å². The number of hydrogen-bond donors (Lipinski definition) is 2. The summed E-state index contributed by atoms with van der Waals surface area (Å²) in [4.78, 5) is 4.60. The molecule has 2 atom stereocenters. The van der Waals surface area contributed by atoms with Crippen molar-refractivity contribution in [1.29, 1.82) is 0 Å². The molecule has 0 spiro atoms. The number of halogens is 1. The molecule has 1 fully saturated rings. The fourth-order valence-electron chi connectivity index (χ4n) is 2.72. The van der Waals surface area contributed by atoms with E-state index in [-0.39, 0.29) is 24.0 Å². The normalized spacial score (nSPS) is 20.0. The molecule has 0 aliphatic heterocycles. The van der Waals surface area contributed by atoms with E-state index in [1.807, 2.05) is 12.1 Å². The van der Waals surface area contributed by atoms with Gasteiger partial charge in [-0.2, -0.15) is 0 Å². The van der Waals surface area contributed by atoms with E-state index in [0.29, 0.717) is 23.8 Å². The van der Waals surface area contributed by atoms with Crippen molar-refractivity contribution < 1.29 is 0 Å². The number of aliphatic imine (C=N–C) groups is 1. The molecule has 0 radical (unpaired) electrons. The van der Waals surface area contributed by atoms with E-state index in [1.54, 1.807) is 0 Å². The number of nitrogens with two attached hydrogens (primary N) is 1. The third kappa shape index (κ3) is 4.70. The Bertz CT molecular complexity index is 667. The summed E-state index contributed by atoms with van der Waals surface area (Å²) in [5.41, 5.74) is 9.71. The molecule has 0 saturated heterocycles. The average molecular weight is 421 g/mol. The molecule has 0 amide bonds. The largest absolute Gasteiger partial charge is 0.370 e. The molecule has 3 rings (SSSR count). The summed E-state index contributed by atoms with van der Waals surface area (Å²) in [5.74, 6) is 1.53. The topological polar surface area (TPSA) is 50.4 Å². The lowest BCUT2D eigenvalue weighted by Crippen LogP contribution is -2.23. The maximum absolute atomic E-state index is 6.05.